The molecule has 1 aromatic carbocycles. The molecule has 2 N–H and O–H groups in total. The fourth-order valence-electron chi connectivity index (χ4n) is 5.70. The number of carbonyl (C=O) groups is 2. The van der Waals surface area contributed by atoms with E-state index in [9.17, 15) is 19.8 Å². The van der Waals surface area contributed by atoms with E-state index in [1.807, 2.05) is 34.6 Å². The van der Waals surface area contributed by atoms with Gasteiger partial charge in [0.25, 0.3) is 0 Å². The summed E-state index contributed by atoms with van der Waals surface area (Å²) in [6, 6.07) is 5.16. The van der Waals surface area contributed by atoms with Crippen LogP contribution < -0.4 is 4.74 Å². The summed E-state index contributed by atoms with van der Waals surface area (Å²) < 4.78 is 5.83. The Morgan fingerprint density at radius 2 is 1.48 bits per heavy atom. The Balaban J connectivity index is 2.15. The van der Waals surface area contributed by atoms with Gasteiger partial charge >= 0.3 is 0 Å². The fourth-order valence-corrected chi connectivity index (χ4v) is 5.88. The number of carbonyl (C=O) groups excluding carboxylic acids is 2. The predicted octanol–water partition coefficient (Wildman–Crippen LogP) is 4.55. The Hall–Kier alpha value is -1.43. The summed E-state index contributed by atoms with van der Waals surface area (Å²) in [7, 11) is 0. The molecular formula is C25H35ClO5. The number of halogens is 1. The third kappa shape index (κ3) is 5.15. The van der Waals surface area contributed by atoms with Crippen molar-refractivity contribution in [2.75, 3.05) is 6.61 Å². The molecule has 5 atom stereocenters. The fraction of sp³-hybridized carbons (Fsp3) is 0.680. The van der Waals surface area contributed by atoms with Crippen molar-refractivity contribution >= 4 is 23.2 Å². The number of aliphatic hydroxyl groups is 2. The van der Waals surface area contributed by atoms with E-state index in [1.165, 1.54) is 0 Å². The number of ketones is 2. The van der Waals surface area contributed by atoms with Gasteiger partial charge in [-0.3, -0.25) is 9.59 Å². The zero-order chi connectivity index (χ0) is 23.1. The van der Waals surface area contributed by atoms with Crippen molar-refractivity contribution < 1.29 is 24.5 Å². The molecule has 1 aromatic rings. The van der Waals surface area contributed by atoms with Crippen molar-refractivity contribution in [1.29, 1.82) is 0 Å². The second kappa shape index (κ2) is 8.84. The monoisotopic (exact) mass is 450 g/mol. The molecule has 172 valence electrons. The maximum atomic E-state index is 13.3. The number of hydrogen-bond acceptors (Lipinski definition) is 5. The summed E-state index contributed by atoms with van der Waals surface area (Å²) in [5.41, 5.74) is -0.0129. The standard InChI is InChI=1S/C25H35ClO5/c1-6-31-20-8-7-14(26)9-15(20)21(22-16(27)10-24(2,3)11-17(22)28)23-18(29)12-25(4,5)13-19(23)30/h7-9,16,18,21-23,27,29H,6,10-13H2,1-5H3/t16-,18+,21?,22-,23-/m0/s1. The molecule has 2 saturated carbocycles. The van der Waals surface area contributed by atoms with Gasteiger partial charge in [-0.15, -0.1) is 0 Å². The lowest BCUT2D eigenvalue weighted by atomic mass is 9.58. The second-order valence-electron chi connectivity index (χ2n) is 10.9. The zero-order valence-corrected chi connectivity index (χ0v) is 19.9. The first-order valence-corrected chi connectivity index (χ1v) is 11.6. The summed E-state index contributed by atoms with van der Waals surface area (Å²) >= 11 is 6.32. The van der Waals surface area contributed by atoms with Gasteiger partial charge in [-0.25, -0.2) is 0 Å². The first-order chi connectivity index (χ1) is 14.3. The van der Waals surface area contributed by atoms with Crippen molar-refractivity contribution in [3.63, 3.8) is 0 Å². The topological polar surface area (TPSA) is 83.8 Å². The Labute approximate surface area is 190 Å². The smallest absolute Gasteiger partial charge is 0.139 e. The van der Waals surface area contributed by atoms with Crippen LogP contribution in [0, 0.1) is 22.7 Å². The lowest BCUT2D eigenvalue weighted by molar-refractivity contribution is -0.144. The minimum atomic E-state index is -0.912. The molecule has 0 heterocycles. The number of ether oxygens (including phenoxy) is 1. The van der Waals surface area contributed by atoms with Crippen LogP contribution in [0.15, 0.2) is 18.2 Å². The summed E-state index contributed by atoms with van der Waals surface area (Å²) in [6.07, 6.45) is -0.287. The summed E-state index contributed by atoms with van der Waals surface area (Å²) in [6.45, 7) is 10.1. The maximum absolute atomic E-state index is 13.3. The van der Waals surface area contributed by atoms with Gasteiger partial charge in [0, 0.05) is 29.3 Å². The Kier molecular flexibility index (Phi) is 6.90. The predicted molar refractivity (Wildman–Crippen MR) is 120 cm³/mol. The first-order valence-electron chi connectivity index (χ1n) is 11.2. The number of aliphatic hydroxyl groups excluding tert-OH is 2. The maximum Gasteiger partial charge on any atom is 0.139 e. The first kappa shape index (κ1) is 24.2. The number of Topliss-reactive ketones (excluding diaryl/α,β-unsaturated/α-hetero) is 2. The summed E-state index contributed by atoms with van der Waals surface area (Å²) in [5, 5.41) is 22.7. The van der Waals surface area contributed by atoms with Gasteiger partial charge in [0.1, 0.15) is 17.3 Å². The summed E-state index contributed by atoms with van der Waals surface area (Å²) in [5.74, 6) is -1.92. The highest BCUT2D eigenvalue weighted by Gasteiger charge is 2.52. The molecule has 0 radical (unpaired) electrons. The molecule has 31 heavy (non-hydrogen) atoms. The van der Waals surface area contributed by atoms with Gasteiger partial charge in [-0.2, -0.15) is 0 Å². The Morgan fingerprint density at radius 3 is 1.90 bits per heavy atom. The molecule has 3 rings (SSSR count). The lowest BCUT2D eigenvalue weighted by Gasteiger charge is -2.46. The molecule has 2 aliphatic carbocycles. The molecule has 0 saturated heterocycles. The molecule has 1 unspecified atom stereocenters. The number of benzene rings is 1. The van der Waals surface area contributed by atoms with E-state index < -0.39 is 30.0 Å². The van der Waals surface area contributed by atoms with Crippen LogP contribution in [0.2, 0.25) is 5.02 Å². The minimum Gasteiger partial charge on any atom is -0.494 e. The average Bonchev–Trinajstić information content (AvgIpc) is 2.59. The molecule has 0 aromatic heterocycles. The number of rotatable bonds is 5. The largest absolute Gasteiger partial charge is 0.494 e. The highest BCUT2D eigenvalue weighted by atomic mass is 35.5. The SMILES string of the molecule is CCOc1ccc(Cl)cc1C([C@@H]1C(=O)CC(C)(C)C[C@H]1O)[C@@H]1C(=O)CC(C)(C)C[C@@H]1O. The van der Waals surface area contributed by atoms with Crippen molar-refractivity contribution in [1.82, 2.24) is 0 Å². The van der Waals surface area contributed by atoms with Gasteiger partial charge < -0.3 is 14.9 Å². The van der Waals surface area contributed by atoms with E-state index in [1.54, 1.807) is 18.2 Å². The van der Waals surface area contributed by atoms with Crippen LogP contribution in [0.3, 0.4) is 0 Å². The third-order valence-corrected chi connectivity index (χ3v) is 7.04. The second-order valence-corrected chi connectivity index (χ2v) is 11.3. The van der Waals surface area contributed by atoms with Crippen LogP contribution in [-0.2, 0) is 9.59 Å². The normalized spacial score (nSPS) is 31.4. The molecular weight excluding hydrogens is 416 g/mol. The van der Waals surface area contributed by atoms with Gasteiger partial charge in [0.15, 0.2) is 0 Å². The highest BCUT2D eigenvalue weighted by molar-refractivity contribution is 6.30. The van der Waals surface area contributed by atoms with Gasteiger partial charge in [0.05, 0.1) is 30.7 Å². The van der Waals surface area contributed by atoms with Gasteiger partial charge in [-0.05, 0) is 48.8 Å². The Morgan fingerprint density at radius 1 is 1.00 bits per heavy atom. The van der Waals surface area contributed by atoms with Crippen LogP contribution in [0.5, 0.6) is 5.75 Å². The number of hydrogen-bond donors (Lipinski definition) is 2. The van der Waals surface area contributed by atoms with E-state index in [0.717, 1.165) is 0 Å². The molecule has 0 bridgehead atoms. The van der Waals surface area contributed by atoms with Crippen molar-refractivity contribution in [3.05, 3.63) is 28.8 Å². The van der Waals surface area contributed by atoms with Crippen molar-refractivity contribution in [2.45, 2.75) is 78.4 Å². The van der Waals surface area contributed by atoms with E-state index >= 15 is 0 Å². The van der Waals surface area contributed by atoms with Crippen LogP contribution in [0.25, 0.3) is 0 Å². The van der Waals surface area contributed by atoms with Crippen LogP contribution in [0.4, 0.5) is 0 Å². The minimum absolute atomic E-state index is 0.0824. The van der Waals surface area contributed by atoms with Gasteiger partial charge in [-0.1, -0.05) is 39.3 Å². The van der Waals surface area contributed by atoms with Crippen LogP contribution >= 0.6 is 11.6 Å². The van der Waals surface area contributed by atoms with E-state index in [0.29, 0.717) is 48.6 Å². The van der Waals surface area contributed by atoms with Crippen molar-refractivity contribution in [3.8, 4) is 5.75 Å². The average molecular weight is 451 g/mol. The van der Waals surface area contributed by atoms with Crippen molar-refractivity contribution in [2.24, 2.45) is 22.7 Å². The highest BCUT2D eigenvalue weighted by Crippen LogP contribution is 2.51. The molecule has 0 amide bonds. The van der Waals surface area contributed by atoms with E-state index in [2.05, 4.69) is 0 Å². The molecule has 6 heteroatoms. The molecule has 2 fully saturated rings. The van der Waals surface area contributed by atoms with E-state index in [4.69, 9.17) is 16.3 Å². The molecule has 0 spiro atoms. The van der Waals surface area contributed by atoms with Gasteiger partial charge in [0.2, 0.25) is 0 Å². The quantitative estimate of drug-likeness (QED) is 0.687. The molecule has 2 aliphatic rings. The Bertz CT molecular complexity index is 804. The zero-order valence-electron chi connectivity index (χ0n) is 19.2. The molecule has 0 aliphatic heterocycles. The summed E-state index contributed by atoms with van der Waals surface area (Å²) in [4.78, 5) is 26.7. The van der Waals surface area contributed by atoms with Crippen LogP contribution in [-0.4, -0.2) is 40.6 Å². The van der Waals surface area contributed by atoms with Crippen LogP contribution in [0.1, 0.15) is 71.8 Å². The molecule has 5 nitrogen and oxygen atoms in total. The third-order valence-electron chi connectivity index (χ3n) is 6.81. The van der Waals surface area contributed by atoms with E-state index in [-0.39, 0.29) is 22.4 Å². The lowest BCUT2D eigenvalue weighted by Crippen LogP contribution is -2.51.